The molecule has 0 spiro atoms. The number of nitrogens with two attached hydrogens (primary N) is 1. The molecule has 0 fully saturated rings. The molecule has 2 heterocycles. The topological polar surface area (TPSA) is 43.3 Å². The van der Waals surface area contributed by atoms with E-state index >= 15 is 0 Å². The normalized spacial score (nSPS) is 13.3. The molecule has 0 saturated carbocycles. The second-order valence-corrected chi connectivity index (χ2v) is 3.99. The summed E-state index contributed by atoms with van der Waals surface area (Å²) in [6.45, 7) is 4.15. The fourth-order valence-electron chi connectivity index (χ4n) is 1.93. The third-order valence-electron chi connectivity index (χ3n) is 2.55. The highest BCUT2D eigenvalue weighted by Crippen LogP contribution is 2.12. The summed E-state index contributed by atoms with van der Waals surface area (Å²) < 4.78 is 2.21. The predicted octanol–water partition coefficient (Wildman–Crippen LogP) is 1.79. The molecule has 15 heavy (non-hydrogen) atoms. The van der Waals surface area contributed by atoms with Crippen LogP contribution in [0.15, 0.2) is 24.4 Å². The van der Waals surface area contributed by atoms with Gasteiger partial charge in [-0.3, -0.25) is 0 Å². The van der Waals surface area contributed by atoms with Gasteiger partial charge in [0.05, 0.1) is 11.7 Å². The lowest BCUT2D eigenvalue weighted by Crippen LogP contribution is -2.19. The lowest BCUT2D eigenvalue weighted by molar-refractivity contribution is 0.706. The van der Waals surface area contributed by atoms with Gasteiger partial charge in [0.1, 0.15) is 5.82 Å². The zero-order chi connectivity index (χ0) is 10.8. The molecule has 0 aliphatic carbocycles. The smallest absolute Gasteiger partial charge is 0.113 e. The van der Waals surface area contributed by atoms with Crippen molar-refractivity contribution in [3.05, 3.63) is 35.9 Å². The minimum absolute atomic E-state index is 0.183. The monoisotopic (exact) mass is 203 g/mol. The lowest BCUT2D eigenvalue weighted by atomic mass is 10.1. The Balaban J connectivity index is 2.56. The molecular formula is C12H17N3. The van der Waals surface area contributed by atoms with E-state index in [2.05, 4.69) is 34.5 Å². The third-order valence-corrected chi connectivity index (χ3v) is 2.55. The van der Waals surface area contributed by atoms with Gasteiger partial charge in [0.25, 0.3) is 0 Å². The number of aryl methyl sites for hydroxylation is 1. The molecule has 80 valence electrons. The quantitative estimate of drug-likeness (QED) is 0.826. The van der Waals surface area contributed by atoms with Crippen molar-refractivity contribution in [1.82, 2.24) is 9.38 Å². The number of hydrogen-bond acceptors (Lipinski definition) is 2. The predicted molar refractivity (Wildman–Crippen MR) is 61.9 cm³/mol. The molecule has 2 aromatic rings. The number of pyridine rings is 1. The maximum Gasteiger partial charge on any atom is 0.113 e. The Kier molecular flexibility index (Phi) is 2.73. The van der Waals surface area contributed by atoms with Crippen LogP contribution in [0.2, 0.25) is 0 Å². The number of fused-ring (bicyclic) bond motifs is 1. The first-order chi connectivity index (χ1) is 7.22. The van der Waals surface area contributed by atoms with Crippen LogP contribution >= 0.6 is 0 Å². The van der Waals surface area contributed by atoms with Crippen LogP contribution in [-0.2, 0) is 12.8 Å². The molecule has 0 aliphatic rings. The van der Waals surface area contributed by atoms with Gasteiger partial charge >= 0.3 is 0 Å². The van der Waals surface area contributed by atoms with Gasteiger partial charge in [0.15, 0.2) is 0 Å². The molecule has 1 atom stereocenters. The number of rotatable bonds is 3. The second kappa shape index (κ2) is 4.03. The van der Waals surface area contributed by atoms with Gasteiger partial charge in [0.2, 0.25) is 0 Å². The van der Waals surface area contributed by atoms with E-state index < -0.39 is 0 Å². The molecule has 0 saturated heterocycles. The molecule has 1 unspecified atom stereocenters. The highest BCUT2D eigenvalue weighted by molar-refractivity contribution is 5.47. The largest absolute Gasteiger partial charge is 0.328 e. The molecule has 0 radical (unpaired) electrons. The van der Waals surface area contributed by atoms with Crippen molar-refractivity contribution in [3.8, 4) is 0 Å². The molecule has 0 bridgehead atoms. The zero-order valence-corrected chi connectivity index (χ0v) is 9.27. The number of hydrogen-bond donors (Lipinski definition) is 1. The van der Waals surface area contributed by atoms with Crippen LogP contribution in [0.5, 0.6) is 0 Å². The summed E-state index contributed by atoms with van der Waals surface area (Å²) in [5.41, 5.74) is 8.25. The molecule has 2 N–H and O–H groups in total. The van der Waals surface area contributed by atoms with Gasteiger partial charge in [-0.05, 0) is 19.1 Å². The summed E-state index contributed by atoms with van der Waals surface area (Å²) >= 11 is 0. The summed E-state index contributed by atoms with van der Waals surface area (Å²) in [5, 5.41) is 0. The number of imidazole rings is 1. The van der Waals surface area contributed by atoms with E-state index in [0.29, 0.717) is 0 Å². The molecule has 2 rings (SSSR count). The van der Waals surface area contributed by atoms with Crippen LogP contribution in [0.3, 0.4) is 0 Å². The van der Waals surface area contributed by atoms with Gasteiger partial charge in [-0.15, -0.1) is 0 Å². The summed E-state index contributed by atoms with van der Waals surface area (Å²) in [5.74, 6) is 1.11. The van der Waals surface area contributed by atoms with E-state index in [9.17, 15) is 0 Å². The highest BCUT2D eigenvalue weighted by atomic mass is 15.0. The Morgan fingerprint density at radius 1 is 1.47 bits per heavy atom. The van der Waals surface area contributed by atoms with E-state index in [1.807, 2.05) is 13.1 Å². The summed E-state index contributed by atoms with van der Waals surface area (Å²) in [6.07, 6.45) is 3.76. The van der Waals surface area contributed by atoms with Crippen LogP contribution in [-0.4, -0.2) is 15.4 Å². The minimum Gasteiger partial charge on any atom is -0.328 e. The maximum absolute atomic E-state index is 5.84. The van der Waals surface area contributed by atoms with Crippen molar-refractivity contribution in [1.29, 1.82) is 0 Å². The van der Waals surface area contributed by atoms with E-state index in [0.717, 1.165) is 24.2 Å². The third kappa shape index (κ3) is 1.88. The first-order valence-electron chi connectivity index (χ1n) is 5.42. The zero-order valence-electron chi connectivity index (χ0n) is 9.27. The molecule has 3 nitrogen and oxygen atoms in total. The first kappa shape index (κ1) is 10.2. The maximum atomic E-state index is 5.84. The lowest BCUT2D eigenvalue weighted by Gasteiger charge is -2.10. The van der Waals surface area contributed by atoms with E-state index in [4.69, 9.17) is 5.73 Å². The van der Waals surface area contributed by atoms with Crippen LogP contribution in [0.4, 0.5) is 0 Å². The molecule has 0 aromatic carbocycles. The van der Waals surface area contributed by atoms with Crippen molar-refractivity contribution >= 4 is 5.52 Å². The van der Waals surface area contributed by atoms with Gasteiger partial charge in [0, 0.05) is 24.6 Å². The molecular weight excluding hydrogens is 186 g/mol. The first-order valence-corrected chi connectivity index (χ1v) is 5.42. The fourth-order valence-corrected chi connectivity index (χ4v) is 1.93. The molecule has 0 amide bonds. The van der Waals surface area contributed by atoms with Crippen LogP contribution < -0.4 is 5.73 Å². The van der Waals surface area contributed by atoms with Crippen molar-refractivity contribution < 1.29 is 0 Å². The number of aromatic nitrogens is 2. The Hall–Kier alpha value is -1.35. The molecule has 3 heteroatoms. The van der Waals surface area contributed by atoms with Crippen molar-refractivity contribution in [3.63, 3.8) is 0 Å². The Bertz CT molecular complexity index is 457. The summed E-state index contributed by atoms with van der Waals surface area (Å²) in [6, 6.07) is 6.45. The van der Waals surface area contributed by atoms with Crippen LogP contribution in [0.1, 0.15) is 25.4 Å². The van der Waals surface area contributed by atoms with Gasteiger partial charge in [-0.2, -0.15) is 0 Å². The Labute approximate surface area is 89.9 Å². The minimum atomic E-state index is 0.183. The SMILES string of the molecule is CCc1ncc2cccc(CC(C)N)n12. The average molecular weight is 203 g/mol. The Morgan fingerprint density at radius 2 is 2.27 bits per heavy atom. The number of nitrogens with zero attached hydrogens (tertiary/aromatic N) is 2. The standard InChI is InChI=1S/C12H17N3/c1-3-12-14-8-11-6-4-5-10(15(11)12)7-9(2)13/h4-6,8-9H,3,7,13H2,1-2H3. The van der Waals surface area contributed by atoms with Crippen LogP contribution in [0, 0.1) is 0 Å². The summed E-state index contributed by atoms with van der Waals surface area (Å²) in [4.78, 5) is 4.40. The Morgan fingerprint density at radius 3 is 2.93 bits per heavy atom. The van der Waals surface area contributed by atoms with Crippen molar-refractivity contribution in [2.24, 2.45) is 5.73 Å². The van der Waals surface area contributed by atoms with Crippen LogP contribution in [0.25, 0.3) is 5.52 Å². The van der Waals surface area contributed by atoms with E-state index in [1.165, 1.54) is 5.69 Å². The molecule has 0 aliphatic heterocycles. The molecule has 2 aromatic heterocycles. The van der Waals surface area contributed by atoms with Gasteiger partial charge in [-0.1, -0.05) is 13.0 Å². The van der Waals surface area contributed by atoms with Gasteiger partial charge in [-0.25, -0.2) is 4.98 Å². The van der Waals surface area contributed by atoms with Crippen molar-refractivity contribution in [2.45, 2.75) is 32.7 Å². The highest BCUT2D eigenvalue weighted by Gasteiger charge is 2.07. The fraction of sp³-hybridized carbons (Fsp3) is 0.417. The van der Waals surface area contributed by atoms with E-state index in [-0.39, 0.29) is 6.04 Å². The average Bonchev–Trinajstić information content (AvgIpc) is 2.61. The van der Waals surface area contributed by atoms with Crippen molar-refractivity contribution in [2.75, 3.05) is 0 Å². The summed E-state index contributed by atoms with van der Waals surface area (Å²) in [7, 11) is 0. The van der Waals surface area contributed by atoms with Gasteiger partial charge < -0.3 is 10.1 Å². The van der Waals surface area contributed by atoms with E-state index in [1.54, 1.807) is 0 Å². The second-order valence-electron chi connectivity index (χ2n) is 3.99.